The van der Waals surface area contributed by atoms with Gasteiger partial charge in [0.1, 0.15) is 17.6 Å². The fourth-order valence-corrected chi connectivity index (χ4v) is 8.16. The van der Waals surface area contributed by atoms with Crippen LogP contribution in [0, 0.1) is 5.92 Å². The van der Waals surface area contributed by atoms with E-state index in [1.54, 1.807) is 17.2 Å². The first-order valence-corrected chi connectivity index (χ1v) is 17.6. The predicted molar refractivity (Wildman–Crippen MR) is 171 cm³/mol. The van der Waals surface area contributed by atoms with Crippen molar-refractivity contribution in [2.75, 3.05) is 13.7 Å². The maximum atomic E-state index is 13.5. The molecule has 10 nitrogen and oxygen atoms in total. The Morgan fingerprint density at radius 3 is 2.38 bits per heavy atom. The van der Waals surface area contributed by atoms with Gasteiger partial charge in [0.2, 0.25) is 5.91 Å². The van der Waals surface area contributed by atoms with Crippen molar-refractivity contribution in [1.29, 1.82) is 0 Å². The zero-order valence-electron chi connectivity index (χ0n) is 27.0. The van der Waals surface area contributed by atoms with E-state index in [0.29, 0.717) is 24.4 Å². The molecule has 2 atom stereocenters. The zero-order valence-corrected chi connectivity index (χ0v) is 27.8. The van der Waals surface area contributed by atoms with Gasteiger partial charge >= 0.3 is 21.7 Å². The number of rotatable bonds is 8. The van der Waals surface area contributed by atoms with Crippen molar-refractivity contribution in [2.45, 2.75) is 88.2 Å². The molecule has 2 fully saturated rings. The summed E-state index contributed by atoms with van der Waals surface area (Å²) in [5, 5.41) is 2.65. The van der Waals surface area contributed by atoms with E-state index in [-0.39, 0.29) is 23.6 Å². The molecular formula is C34H39F3N4O6S. The number of amides is 2. The van der Waals surface area contributed by atoms with Gasteiger partial charge in [-0.2, -0.15) is 21.6 Å². The number of carbonyl (C=O) groups excluding carboxylic acids is 2. The molecule has 1 aliphatic heterocycles. The molecule has 14 heteroatoms. The highest BCUT2D eigenvalue weighted by Crippen LogP contribution is 2.55. The van der Waals surface area contributed by atoms with Gasteiger partial charge in [-0.1, -0.05) is 57.0 Å². The maximum absolute atomic E-state index is 13.5. The number of likely N-dealkylation sites (tertiary alicyclic amines) is 1. The van der Waals surface area contributed by atoms with Crippen LogP contribution in [0.5, 0.6) is 5.75 Å². The third kappa shape index (κ3) is 6.14. The lowest BCUT2D eigenvalue weighted by molar-refractivity contribution is -0.135. The highest BCUT2D eigenvalue weighted by atomic mass is 32.2. The average Bonchev–Trinajstić information content (AvgIpc) is 3.87. The van der Waals surface area contributed by atoms with Crippen LogP contribution in [0.15, 0.2) is 42.6 Å². The van der Waals surface area contributed by atoms with Crippen LogP contribution in [0.2, 0.25) is 0 Å². The summed E-state index contributed by atoms with van der Waals surface area (Å²) < 4.78 is 73.3. The summed E-state index contributed by atoms with van der Waals surface area (Å²) in [6.45, 7) is 4.26. The topological polar surface area (TPSA) is 131 Å². The molecule has 0 radical (unpaired) electrons. The maximum Gasteiger partial charge on any atom is 0.534 e. The lowest BCUT2D eigenvalue weighted by Crippen LogP contribution is -2.51. The number of benzene rings is 2. The molecule has 2 aliphatic carbocycles. The van der Waals surface area contributed by atoms with Gasteiger partial charge in [-0.3, -0.25) is 4.79 Å². The molecule has 48 heavy (non-hydrogen) atoms. The van der Waals surface area contributed by atoms with Crippen LogP contribution < -0.4 is 9.50 Å². The molecule has 1 saturated carbocycles. The highest BCUT2D eigenvalue weighted by Gasteiger charge is 2.51. The predicted octanol–water partition coefficient (Wildman–Crippen LogP) is 6.77. The number of carbonyl (C=O) groups is 2. The van der Waals surface area contributed by atoms with Crippen LogP contribution in [0.4, 0.5) is 18.0 Å². The number of fused-ring (bicyclic) bond motifs is 2. The Kier molecular flexibility index (Phi) is 8.98. The van der Waals surface area contributed by atoms with Crippen LogP contribution in [0.25, 0.3) is 22.4 Å². The number of H-pyrrole nitrogens is 1. The first-order valence-electron chi connectivity index (χ1n) is 16.2. The minimum atomic E-state index is -5.81. The van der Waals surface area contributed by atoms with Crippen molar-refractivity contribution in [3.05, 3.63) is 59.5 Å². The van der Waals surface area contributed by atoms with Crippen molar-refractivity contribution in [3.63, 3.8) is 0 Å². The average molecular weight is 689 g/mol. The van der Waals surface area contributed by atoms with Gasteiger partial charge in [0.25, 0.3) is 0 Å². The van der Waals surface area contributed by atoms with Crippen LogP contribution >= 0.6 is 0 Å². The molecule has 2 amide bonds. The summed E-state index contributed by atoms with van der Waals surface area (Å²) in [7, 11) is -4.56. The Hall–Kier alpha value is -4.07. The monoisotopic (exact) mass is 688 g/mol. The van der Waals surface area contributed by atoms with E-state index in [9.17, 15) is 31.2 Å². The Labute approximate surface area is 277 Å². The van der Waals surface area contributed by atoms with E-state index >= 15 is 0 Å². The van der Waals surface area contributed by atoms with E-state index in [1.807, 2.05) is 38.1 Å². The molecule has 2 N–H and O–H groups in total. The Morgan fingerprint density at radius 2 is 1.73 bits per heavy atom. The number of methoxy groups -OCH3 is 1. The lowest BCUT2D eigenvalue weighted by Gasteiger charge is -2.30. The molecular weight excluding hydrogens is 649 g/mol. The van der Waals surface area contributed by atoms with Gasteiger partial charge in [0.15, 0.2) is 0 Å². The van der Waals surface area contributed by atoms with Gasteiger partial charge in [-0.15, -0.1) is 0 Å². The quantitative estimate of drug-likeness (QED) is 0.197. The molecule has 1 aromatic heterocycles. The molecule has 258 valence electrons. The van der Waals surface area contributed by atoms with Gasteiger partial charge in [0, 0.05) is 12.1 Å². The number of halogens is 3. The smallest absolute Gasteiger partial charge is 0.453 e. The largest absolute Gasteiger partial charge is 0.534 e. The number of aromatic nitrogens is 2. The molecule has 2 heterocycles. The molecule has 3 aromatic rings. The molecule has 2 aromatic carbocycles. The number of hydrogen-bond acceptors (Lipinski definition) is 7. The van der Waals surface area contributed by atoms with Crippen molar-refractivity contribution in [1.82, 2.24) is 20.2 Å². The minimum Gasteiger partial charge on any atom is -0.453 e. The van der Waals surface area contributed by atoms with Crippen molar-refractivity contribution >= 4 is 22.1 Å². The summed E-state index contributed by atoms with van der Waals surface area (Å²) in [4.78, 5) is 35.1. The summed E-state index contributed by atoms with van der Waals surface area (Å²) >= 11 is 0. The molecule has 1 spiro atoms. The molecule has 1 saturated heterocycles. The second-order valence-corrected chi connectivity index (χ2v) is 14.8. The first-order chi connectivity index (χ1) is 22.7. The SMILES string of the molecule is COC(=O)N[C@H](C(=O)N1CCC[C@H]1c1ncc(-c2ccc(-c3ccc(OS(=O)(=O)C(F)(F)F)c4c3CCC43CCCC3)cc2)[nH]1)C(C)C. The van der Waals surface area contributed by atoms with E-state index < -0.39 is 33.2 Å². The third-order valence-electron chi connectivity index (χ3n) is 10.0. The Morgan fingerprint density at radius 1 is 1.04 bits per heavy atom. The summed E-state index contributed by atoms with van der Waals surface area (Å²) in [6, 6.07) is 9.68. The Bertz CT molecular complexity index is 1800. The van der Waals surface area contributed by atoms with Crippen LogP contribution in [0.3, 0.4) is 0 Å². The molecule has 0 bridgehead atoms. The number of aromatic amines is 1. The zero-order chi connectivity index (χ0) is 34.4. The van der Waals surface area contributed by atoms with Gasteiger partial charge in [-0.25, -0.2) is 9.78 Å². The number of nitrogens with one attached hydrogen (secondary N) is 2. The number of ether oxygens (including phenoxy) is 1. The van der Waals surface area contributed by atoms with Crippen LogP contribution in [-0.2, 0) is 31.5 Å². The van der Waals surface area contributed by atoms with E-state index in [4.69, 9.17) is 8.92 Å². The second kappa shape index (κ2) is 12.8. The summed E-state index contributed by atoms with van der Waals surface area (Å²) in [5.41, 5.74) is -1.22. The molecule has 3 aliphatic rings. The van der Waals surface area contributed by atoms with Crippen molar-refractivity contribution in [2.24, 2.45) is 5.92 Å². The number of alkyl halides is 3. The summed E-state index contributed by atoms with van der Waals surface area (Å²) in [6.07, 6.45) is 7.30. The molecule has 6 rings (SSSR count). The fourth-order valence-electron chi connectivity index (χ4n) is 7.69. The lowest BCUT2D eigenvalue weighted by atomic mass is 9.79. The first kappa shape index (κ1) is 33.8. The normalized spacial score (nSPS) is 19.5. The van der Waals surface area contributed by atoms with E-state index in [1.165, 1.54) is 13.2 Å². The second-order valence-electron chi connectivity index (χ2n) is 13.2. The van der Waals surface area contributed by atoms with Crippen LogP contribution in [0.1, 0.15) is 81.8 Å². The molecule has 0 unspecified atom stereocenters. The fraction of sp³-hybridized carbons (Fsp3) is 0.500. The minimum absolute atomic E-state index is 0.148. The van der Waals surface area contributed by atoms with Crippen LogP contribution in [-0.4, -0.2) is 60.5 Å². The third-order valence-corrected chi connectivity index (χ3v) is 11.0. The highest BCUT2D eigenvalue weighted by molar-refractivity contribution is 7.88. The number of alkyl carbamates (subject to hydrolysis) is 1. The van der Waals surface area contributed by atoms with E-state index in [0.717, 1.165) is 72.9 Å². The Balaban J connectivity index is 1.25. The van der Waals surface area contributed by atoms with Crippen molar-refractivity contribution < 1.29 is 40.1 Å². The van der Waals surface area contributed by atoms with Crippen molar-refractivity contribution in [3.8, 4) is 28.1 Å². The van der Waals surface area contributed by atoms with Gasteiger partial charge < -0.3 is 24.1 Å². The van der Waals surface area contributed by atoms with Gasteiger partial charge in [-0.05, 0) is 78.2 Å². The summed E-state index contributed by atoms with van der Waals surface area (Å²) in [5.74, 6) is 0.0709. The van der Waals surface area contributed by atoms with E-state index in [2.05, 4.69) is 15.3 Å². The standard InChI is InChI=1S/C34H39F3N4O6S/c1-20(2)29(40-32(43)46-3)31(42)41-18-6-7-26(41)30-38-19-25(39-30)22-10-8-21(9-11-22)23-12-13-27(47-48(44,45)34(35,36)37)28-24(23)14-17-33(28)15-4-5-16-33/h8-13,19-20,26,29H,4-7,14-18H2,1-3H3,(H,38,39)(H,40,43)/t26-,29-/m0/s1. The number of imidazole rings is 1. The number of nitrogens with zero attached hydrogens (tertiary/aromatic N) is 2. The van der Waals surface area contributed by atoms with Gasteiger partial charge in [0.05, 0.1) is 25.0 Å². The number of hydrogen-bond donors (Lipinski definition) is 2.